The van der Waals surface area contributed by atoms with E-state index in [0.717, 1.165) is 5.56 Å². The van der Waals surface area contributed by atoms with Crippen molar-refractivity contribution in [2.24, 2.45) is 5.92 Å². The van der Waals surface area contributed by atoms with E-state index >= 15 is 0 Å². The lowest BCUT2D eigenvalue weighted by molar-refractivity contribution is -0.141. The molecule has 6 heteroatoms. The molecule has 2 aromatic rings. The minimum absolute atomic E-state index is 0.144. The molecule has 0 aliphatic heterocycles. The Hall–Kier alpha value is -2.04. The highest BCUT2D eigenvalue weighted by Gasteiger charge is 2.31. The minimum Gasteiger partial charge on any atom is -0.489 e. The monoisotopic (exact) mass is 392 g/mol. The second kappa shape index (κ2) is 7.68. The summed E-state index contributed by atoms with van der Waals surface area (Å²) < 4.78 is 5.84. The van der Waals surface area contributed by atoms with Gasteiger partial charge in [0.05, 0.1) is 17.0 Å². The molecular weight excluding hydrogens is 375 g/mol. The summed E-state index contributed by atoms with van der Waals surface area (Å²) in [5.74, 6) is -1.03. The van der Waals surface area contributed by atoms with Gasteiger partial charge >= 0.3 is 5.97 Å². The number of carboxylic acids is 1. The van der Waals surface area contributed by atoms with E-state index in [2.05, 4.69) is 0 Å². The SMILES string of the molecule is Cc1ccccc1C(=O)c1ccc(O[C@H]2CC[C@H](C(=O)O)C2)c(Cl)c1Cl. The first kappa shape index (κ1) is 18.7. The Morgan fingerprint density at radius 2 is 1.77 bits per heavy atom. The number of carbonyl (C=O) groups excluding carboxylic acids is 1. The maximum Gasteiger partial charge on any atom is 0.306 e. The van der Waals surface area contributed by atoms with Crippen molar-refractivity contribution in [1.82, 2.24) is 0 Å². The third-order valence-corrected chi connectivity index (χ3v) is 5.57. The van der Waals surface area contributed by atoms with E-state index in [0.29, 0.717) is 36.1 Å². The minimum atomic E-state index is -0.806. The van der Waals surface area contributed by atoms with Gasteiger partial charge in [0.1, 0.15) is 10.8 Å². The molecule has 1 aliphatic carbocycles. The zero-order valence-corrected chi connectivity index (χ0v) is 15.7. The third kappa shape index (κ3) is 3.71. The molecule has 1 saturated carbocycles. The predicted molar refractivity (Wildman–Crippen MR) is 100 cm³/mol. The van der Waals surface area contributed by atoms with E-state index in [1.807, 2.05) is 19.1 Å². The van der Waals surface area contributed by atoms with Gasteiger partial charge in [0, 0.05) is 11.1 Å². The number of benzene rings is 2. The maximum absolute atomic E-state index is 12.8. The van der Waals surface area contributed by atoms with Crippen molar-refractivity contribution >= 4 is 35.0 Å². The normalized spacial score (nSPS) is 19.3. The van der Waals surface area contributed by atoms with E-state index in [4.69, 9.17) is 33.0 Å². The van der Waals surface area contributed by atoms with Crippen LogP contribution >= 0.6 is 23.2 Å². The average Bonchev–Trinajstić information content (AvgIpc) is 3.08. The number of hydrogen-bond acceptors (Lipinski definition) is 3. The number of carboxylic acid groups (broad SMARTS) is 1. The van der Waals surface area contributed by atoms with Gasteiger partial charge in [-0.3, -0.25) is 9.59 Å². The summed E-state index contributed by atoms with van der Waals surface area (Å²) >= 11 is 12.7. The van der Waals surface area contributed by atoms with Gasteiger partial charge in [-0.05, 0) is 43.9 Å². The number of hydrogen-bond donors (Lipinski definition) is 1. The lowest BCUT2D eigenvalue weighted by atomic mass is 9.99. The summed E-state index contributed by atoms with van der Waals surface area (Å²) in [7, 11) is 0. The number of carbonyl (C=O) groups is 2. The van der Waals surface area contributed by atoms with E-state index in [1.54, 1.807) is 24.3 Å². The van der Waals surface area contributed by atoms with Crippen LogP contribution in [0.5, 0.6) is 5.75 Å². The van der Waals surface area contributed by atoms with Gasteiger partial charge in [0.2, 0.25) is 0 Å². The molecule has 1 N–H and O–H groups in total. The summed E-state index contributed by atoms with van der Waals surface area (Å²) in [6.07, 6.45) is 1.44. The zero-order valence-electron chi connectivity index (χ0n) is 14.2. The van der Waals surface area contributed by atoms with Gasteiger partial charge < -0.3 is 9.84 Å². The number of aliphatic carboxylic acids is 1. The van der Waals surface area contributed by atoms with Gasteiger partial charge in [-0.1, -0.05) is 47.5 Å². The Morgan fingerprint density at radius 3 is 2.42 bits per heavy atom. The molecule has 0 radical (unpaired) electrons. The fourth-order valence-electron chi connectivity index (χ4n) is 3.22. The lowest BCUT2D eigenvalue weighted by Crippen LogP contribution is -2.16. The van der Waals surface area contributed by atoms with Crippen LogP contribution in [0.1, 0.15) is 40.7 Å². The molecule has 2 aromatic carbocycles. The van der Waals surface area contributed by atoms with Crippen molar-refractivity contribution in [2.75, 3.05) is 0 Å². The van der Waals surface area contributed by atoms with Gasteiger partial charge in [0.25, 0.3) is 0 Å². The summed E-state index contributed by atoms with van der Waals surface area (Å²) in [5, 5.41) is 9.40. The number of ketones is 1. The molecule has 0 spiro atoms. The number of aryl methyl sites for hydroxylation is 1. The van der Waals surface area contributed by atoms with Gasteiger partial charge in [-0.25, -0.2) is 0 Å². The molecule has 1 fully saturated rings. The maximum atomic E-state index is 12.8. The van der Waals surface area contributed by atoms with Crippen LogP contribution in [0.15, 0.2) is 36.4 Å². The molecule has 0 amide bonds. The van der Waals surface area contributed by atoms with E-state index in [9.17, 15) is 9.59 Å². The molecule has 0 saturated heterocycles. The standard InChI is InChI=1S/C20H18Cl2O4/c1-11-4-2-3-5-14(11)19(23)15-8-9-16(18(22)17(15)21)26-13-7-6-12(10-13)20(24)25/h2-5,8-9,12-13H,6-7,10H2,1H3,(H,24,25)/t12-,13-/m0/s1. The summed E-state index contributed by atoms with van der Waals surface area (Å²) in [5.41, 5.74) is 1.74. The second-order valence-corrected chi connectivity index (χ2v) is 7.23. The second-order valence-electron chi connectivity index (χ2n) is 6.47. The quantitative estimate of drug-likeness (QED) is 0.713. The van der Waals surface area contributed by atoms with Crippen molar-refractivity contribution < 1.29 is 19.4 Å². The zero-order chi connectivity index (χ0) is 18.8. The van der Waals surface area contributed by atoms with Crippen molar-refractivity contribution in [3.8, 4) is 5.75 Å². The van der Waals surface area contributed by atoms with Crippen LogP contribution in [0.3, 0.4) is 0 Å². The van der Waals surface area contributed by atoms with Crippen LogP contribution < -0.4 is 4.74 Å². The van der Waals surface area contributed by atoms with Crippen molar-refractivity contribution in [2.45, 2.75) is 32.3 Å². The smallest absolute Gasteiger partial charge is 0.306 e. The first-order chi connectivity index (χ1) is 12.4. The Kier molecular flexibility index (Phi) is 5.54. The number of halogens is 2. The Morgan fingerprint density at radius 1 is 1.04 bits per heavy atom. The van der Waals surface area contributed by atoms with Gasteiger partial charge in [-0.15, -0.1) is 0 Å². The lowest BCUT2D eigenvalue weighted by Gasteiger charge is -2.16. The van der Waals surface area contributed by atoms with Crippen LogP contribution in [-0.4, -0.2) is 23.0 Å². The molecule has 0 heterocycles. The topological polar surface area (TPSA) is 63.6 Å². The molecule has 2 atom stereocenters. The molecular formula is C20H18Cl2O4. The Bertz CT molecular complexity index is 863. The van der Waals surface area contributed by atoms with E-state index < -0.39 is 11.9 Å². The Labute approximate surface area is 161 Å². The molecule has 26 heavy (non-hydrogen) atoms. The summed E-state index contributed by atoms with van der Waals surface area (Å²) in [6.45, 7) is 1.86. The van der Waals surface area contributed by atoms with Crippen LogP contribution in [0.2, 0.25) is 10.0 Å². The fourth-order valence-corrected chi connectivity index (χ4v) is 3.67. The van der Waals surface area contributed by atoms with Crippen molar-refractivity contribution in [3.63, 3.8) is 0 Å². The summed E-state index contributed by atoms with van der Waals surface area (Å²) in [4.78, 5) is 23.8. The first-order valence-electron chi connectivity index (χ1n) is 8.36. The summed E-state index contributed by atoms with van der Waals surface area (Å²) in [6, 6.07) is 10.5. The number of ether oxygens (including phenoxy) is 1. The molecule has 136 valence electrons. The molecule has 0 unspecified atom stereocenters. The third-order valence-electron chi connectivity index (χ3n) is 4.71. The van der Waals surface area contributed by atoms with Crippen LogP contribution in [-0.2, 0) is 4.79 Å². The highest BCUT2D eigenvalue weighted by molar-refractivity contribution is 6.45. The first-order valence-corrected chi connectivity index (χ1v) is 9.12. The average molecular weight is 393 g/mol. The highest BCUT2D eigenvalue weighted by Crippen LogP contribution is 2.38. The predicted octanol–water partition coefficient (Wildman–Crippen LogP) is 5.16. The van der Waals surface area contributed by atoms with Crippen molar-refractivity contribution in [1.29, 1.82) is 0 Å². The van der Waals surface area contributed by atoms with E-state index in [1.165, 1.54) is 0 Å². The van der Waals surface area contributed by atoms with Crippen LogP contribution in [0.25, 0.3) is 0 Å². The fraction of sp³-hybridized carbons (Fsp3) is 0.300. The molecule has 0 aromatic heterocycles. The molecule has 0 bridgehead atoms. The largest absolute Gasteiger partial charge is 0.489 e. The molecule has 3 rings (SSSR count). The van der Waals surface area contributed by atoms with E-state index in [-0.39, 0.29) is 21.9 Å². The Balaban J connectivity index is 1.82. The highest BCUT2D eigenvalue weighted by atomic mass is 35.5. The van der Waals surface area contributed by atoms with Gasteiger partial charge in [-0.2, -0.15) is 0 Å². The van der Waals surface area contributed by atoms with Gasteiger partial charge in [0.15, 0.2) is 5.78 Å². The molecule has 1 aliphatic rings. The molecule has 4 nitrogen and oxygen atoms in total. The number of rotatable bonds is 5. The van der Waals surface area contributed by atoms with Crippen LogP contribution in [0, 0.1) is 12.8 Å². The van der Waals surface area contributed by atoms with Crippen molar-refractivity contribution in [3.05, 3.63) is 63.1 Å². The van der Waals surface area contributed by atoms with Crippen LogP contribution in [0.4, 0.5) is 0 Å².